The Balaban J connectivity index is 2.36. The summed E-state index contributed by atoms with van der Waals surface area (Å²) in [7, 11) is 1.89. The average molecular weight is 263 g/mol. The second-order valence-electron chi connectivity index (χ2n) is 3.64. The average Bonchev–Trinajstić information content (AvgIpc) is 2.39. The summed E-state index contributed by atoms with van der Waals surface area (Å²) < 4.78 is 22.2. The summed E-state index contributed by atoms with van der Waals surface area (Å²) in [5.74, 6) is 0. The van der Waals surface area contributed by atoms with Crippen LogP contribution in [0.5, 0.6) is 0 Å². The zero-order chi connectivity index (χ0) is 13.0. The van der Waals surface area contributed by atoms with Crippen LogP contribution in [0.15, 0.2) is 48.8 Å². The highest BCUT2D eigenvalue weighted by Gasteiger charge is 2.10. The number of rotatable bonds is 4. The number of para-hydroxylation sites is 1. The molecular formula is C12H13N3O2S. The van der Waals surface area contributed by atoms with Crippen LogP contribution in [0.1, 0.15) is 0 Å². The van der Waals surface area contributed by atoms with E-state index in [1.165, 1.54) is 6.20 Å². The van der Waals surface area contributed by atoms with Gasteiger partial charge in [-0.15, -0.1) is 0 Å². The Morgan fingerprint density at radius 1 is 1.28 bits per heavy atom. The molecule has 0 bridgehead atoms. The number of benzene rings is 1. The molecule has 5 nitrogen and oxygen atoms in total. The van der Waals surface area contributed by atoms with Gasteiger partial charge in [-0.3, -0.25) is 14.3 Å². The quantitative estimate of drug-likeness (QED) is 0.831. The number of nitrogens with zero attached hydrogens (tertiary/aromatic N) is 2. The van der Waals surface area contributed by atoms with Crippen molar-refractivity contribution in [3.8, 4) is 0 Å². The highest BCUT2D eigenvalue weighted by atomic mass is 32.2. The lowest BCUT2D eigenvalue weighted by Crippen LogP contribution is -2.13. The van der Waals surface area contributed by atoms with Crippen molar-refractivity contribution in [1.29, 1.82) is 0 Å². The Bertz CT molecular complexity index is 548. The molecule has 0 aliphatic heterocycles. The number of aromatic nitrogens is 1. The molecule has 2 aromatic rings. The van der Waals surface area contributed by atoms with Gasteiger partial charge < -0.3 is 4.90 Å². The highest BCUT2D eigenvalue weighted by Crippen LogP contribution is 2.29. The summed E-state index contributed by atoms with van der Waals surface area (Å²) >= 11 is -2.12. The Kier molecular flexibility index (Phi) is 3.91. The Labute approximate surface area is 108 Å². The van der Waals surface area contributed by atoms with Crippen LogP contribution in [0.25, 0.3) is 0 Å². The predicted octanol–water partition coefficient (Wildman–Crippen LogP) is 2.40. The summed E-state index contributed by atoms with van der Waals surface area (Å²) in [4.78, 5) is 5.85. The number of pyridine rings is 1. The maximum Gasteiger partial charge on any atom is 0.259 e. The molecule has 1 aromatic heterocycles. The minimum atomic E-state index is -2.12. The smallest absolute Gasteiger partial charge is 0.259 e. The third kappa shape index (κ3) is 2.85. The van der Waals surface area contributed by atoms with Crippen LogP contribution in [0.3, 0.4) is 0 Å². The lowest BCUT2D eigenvalue weighted by Gasteiger charge is -2.21. The normalized spacial score (nSPS) is 11.9. The molecule has 1 heterocycles. The van der Waals surface area contributed by atoms with E-state index in [-0.39, 0.29) is 0 Å². The van der Waals surface area contributed by atoms with Crippen LogP contribution >= 0.6 is 0 Å². The van der Waals surface area contributed by atoms with Gasteiger partial charge >= 0.3 is 0 Å². The molecule has 0 saturated carbocycles. The fraction of sp³-hybridized carbons (Fsp3) is 0.0833. The second kappa shape index (κ2) is 5.61. The number of hydrogen-bond donors (Lipinski definition) is 2. The molecule has 1 atom stereocenters. The van der Waals surface area contributed by atoms with Crippen LogP contribution in [-0.4, -0.2) is 20.8 Å². The molecule has 0 saturated heterocycles. The zero-order valence-corrected chi connectivity index (χ0v) is 10.6. The third-order valence-corrected chi connectivity index (χ3v) is 2.89. The first kappa shape index (κ1) is 12.5. The molecule has 2 N–H and O–H groups in total. The van der Waals surface area contributed by atoms with Crippen LogP contribution in [0.4, 0.5) is 17.1 Å². The van der Waals surface area contributed by atoms with Crippen LogP contribution in [-0.2, 0) is 11.3 Å². The molecule has 0 aliphatic carbocycles. The van der Waals surface area contributed by atoms with Crippen molar-refractivity contribution in [3.05, 3.63) is 48.8 Å². The summed E-state index contributed by atoms with van der Waals surface area (Å²) in [5.41, 5.74) is 2.26. The molecule has 2 rings (SSSR count). The first-order chi connectivity index (χ1) is 8.68. The molecule has 1 aromatic carbocycles. The van der Waals surface area contributed by atoms with Gasteiger partial charge in [0.25, 0.3) is 11.3 Å². The second-order valence-corrected chi connectivity index (χ2v) is 4.34. The number of anilines is 3. The van der Waals surface area contributed by atoms with Gasteiger partial charge in [-0.2, -0.15) is 0 Å². The van der Waals surface area contributed by atoms with E-state index >= 15 is 0 Å². The maximum absolute atomic E-state index is 10.8. The van der Waals surface area contributed by atoms with Gasteiger partial charge in [0, 0.05) is 18.9 Å². The molecule has 6 heteroatoms. The Morgan fingerprint density at radius 2 is 2.00 bits per heavy atom. The van der Waals surface area contributed by atoms with Crippen molar-refractivity contribution in [1.82, 2.24) is 4.98 Å². The third-order valence-electron chi connectivity index (χ3n) is 2.50. The standard InChI is InChI=1S/C12H13N3O2S/c1-15(10-5-3-2-4-6-10)12-7-8-13-9-11(12)14-18(16)17/h2-9,14H,1H3,(H,16,17). The molecule has 0 spiro atoms. The summed E-state index contributed by atoms with van der Waals surface area (Å²) in [6, 6.07) is 11.5. The lowest BCUT2D eigenvalue weighted by molar-refractivity contribution is 0.570. The highest BCUT2D eigenvalue weighted by molar-refractivity contribution is 7.80. The molecule has 0 radical (unpaired) electrons. The topological polar surface area (TPSA) is 65.5 Å². The van der Waals surface area contributed by atoms with Crippen molar-refractivity contribution in [2.75, 3.05) is 16.7 Å². The van der Waals surface area contributed by atoms with Gasteiger partial charge in [-0.05, 0) is 18.2 Å². The SMILES string of the molecule is CN(c1ccccc1)c1ccncc1NS(=O)O. The molecule has 0 aliphatic rings. The largest absolute Gasteiger partial charge is 0.343 e. The summed E-state index contributed by atoms with van der Waals surface area (Å²) in [6.45, 7) is 0. The van der Waals surface area contributed by atoms with Crippen molar-refractivity contribution < 1.29 is 8.76 Å². The van der Waals surface area contributed by atoms with Gasteiger partial charge in [0.2, 0.25) is 0 Å². The van der Waals surface area contributed by atoms with Gasteiger partial charge in [-0.1, -0.05) is 18.2 Å². The summed E-state index contributed by atoms with van der Waals surface area (Å²) in [6.07, 6.45) is 3.16. The first-order valence-corrected chi connectivity index (χ1v) is 6.39. The van der Waals surface area contributed by atoms with Crippen LogP contribution in [0.2, 0.25) is 0 Å². The minimum absolute atomic E-state index is 0.504. The zero-order valence-electron chi connectivity index (χ0n) is 9.78. The fourth-order valence-electron chi connectivity index (χ4n) is 1.64. The number of nitrogens with one attached hydrogen (secondary N) is 1. The Morgan fingerprint density at radius 3 is 2.67 bits per heavy atom. The van der Waals surface area contributed by atoms with Crippen LogP contribution in [0, 0.1) is 0 Å². The van der Waals surface area contributed by atoms with Crippen LogP contribution < -0.4 is 9.62 Å². The molecule has 1 unspecified atom stereocenters. The van der Waals surface area contributed by atoms with Gasteiger partial charge in [0.1, 0.15) is 0 Å². The fourth-order valence-corrected chi connectivity index (χ4v) is 1.99. The van der Waals surface area contributed by atoms with E-state index in [9.17, 15) is 4.21 Å². The lowest BCUT2D eigenvalue weighted by atomic mass is 10.2. The maximum atomic E-state index is 10.8. The van der Waals surface area contributed by atoms with Gasteiger partial charge in [-0.25, -0.2) is 4.21 Å². The van der Waals surface area contributed by atoms with Crippen molar-refractivity contribution in [3.63, 3.8) is 0 Å². The molecule has 0 amide bonds. The van der Waals surface area contributed by atoms with E-state index in [0.717, 1.165) is 11.4 Å². The molecular weight excluding hydrogens is 250 g/mol. The van der Waals surface area contributed by atoms with E-state index in [1.807, 2.05) is 42.3 Å². The predicted molar refractivity (Wildman–Crippen MR) is 73.1 cm³/mol. The monoisotopic (exact) mass is 263 g/mol. The first-order valence-electron chi connectivity index (χ1n) is 5.29. The van der Waals surface area contributed by atoms with E-state index < -0.39 is 11.3 Å². The molecule has 94 valence electrons. The van der Waals surface area contributed by atoms with Crippen molar-refractivity contribution in [2.45, 2.75) is 0 Å². The van der Waals surface area contributed by atoms with E-state index in [1.54, 1.807) is 12.3 Å². The van der Waals surface area contributed by atoms with Crippen molar-refractivity contribution >= 4 is 28.3 Å². The summed E-state index contributed by atoms with van der Waals surface area (Å²) in [5, 5.41) is 0. The van der Waals surface area contributed by atoms with Gasteiger partial charge in [0.15, 0.2) is 0 Å². The van der Waals surface area contributed by atoms with E-state index in [4.69, 9.17) is 4.55 Å². The minimum Gasteiger partial charge on any atom is -0.343 e. The molecule has 0 fully saturated rings. The van der Waals surface area contributed by atoms with E-state index in [0.29, 0.717) is 5.69 Å². The van der Waals surface area contributed by atoms with Crippen molar-refractivity contribution in [2.24, 2.45) is 0 Å². The number of hydrogen-bond acceptors (Lipinski definition) is 3. The Hall–Kier alpha value is -1.92. The molecule has 18 heavy (non-hydrogen) atoms. The van der Waals surface area contributed by atoms with E-state index in [2.05, 4.69) is 9.71 Å². The van der Waals surface area contributed by atoms with Gasteiger partial charge in [0.05, 0.1) is 17.6 Å².